The molecule has 0 fully saturated rings. The number of amides is 1. The third-order valence-corrected chi connectivity index (χ3v) is 6.87. The molecule has 0 saturated heterocycles. The van der Waals surface area contributed by atoms with Crippen LogP contribution in [0.2, 0.25) is 6.04 Å². The standard InChI is InChI=1S/C17H37NO8Si/c1-7-21-15(22-8-2)17(20-6,26-16(18)19)13-12-14-27(23-9-3,24-10-4)25-11-5/h15H,7-14H2,1-6H3,(H2,18,19). The van der Waals surface area contributed by atoms with E-state index in [-0.39, 0.29) is 6.42 Å². The van der Waals surface area contributed by atoms with Crippen molar-refractivity contribution in [3.8, 4) is 0 Å². The zero-order valence-corrected chi connectivity index (χ0v) is 18.6. The van der Waals surface area contributed by atoms with Crippen LogP contribution < -0.4 is 5.73 Å². The molecule has 0 heterocycles. The maximum atomic E-state index is 11.5. The molecule has 0 rings (SSSR count). The van der Waals surface area contributed by atoms with Crippen LogP contribution in [0.3, 0.4) is 0 Å². The molecular weight excluding hydrogens is 374 g/mol. The van der Waals surface area contributed by atoms with Crippen molar-refractivity contribution < 1.29 is 37.0 Å². The van der Waals surface area contributed by atoms with E-state index in [2.05, 4.69) is 0 Å². The fourth-order valence-corrected chi connectivity index (χ4v) is 5.40. The largest absolute Gasteiger partial charge is 0.500 e. The van der Waals surface area contributed by atoms with Crippen LogP contribution >= 0.6 is 0 Å². The Hall–Kier alpha value is -0.753. The average Bonchev–Trinajstić information content (AvgIpc) is 2.61. The molecule has 0 spiro atoms. The van der Waals surface area contributed by atoms with Crippen LogP contribution in [-0.2, 0) is 32.2 Å². The molecule has 0 aromatic rings. The Bertz CT molecular complexity index is 378. The fraction of sp³-hybridized carbons (Fsp3) is 0.941. The van der Waals surface area contributed by atoms with Crippen LogP contribution in [0.5, 0.6) is 0 Å². The predicted molar refractivity (Wildman–Crippen MR) is 102 cm³/mol. The van der Waals surface area contributed by atoms with Crippen LogP contribution in [0.15, 0.2) is 0 Å². The summed E-state index contributed by atoms with van der Waals surface area (Å²) in [5, 5.41) is 0. The Balaban J connectivity index is 5.37. The lowest BCUT2D eigenvalue weighted by atomic mass is 10.1. The minimum Gasteiger partial charge on any atom is -0.411 e. The quantitative estimate of drug-likeness (QED) is 0.287. The molecule has 2 N–H and O–H groups in total. The molecular formula is C17H37NO8Si. The normalized spacial score (nSPS) is 14.3. The lowest BCUT2D eigenvalue weighted by Gasteiger charge is -2.37. The highest BCUT2D eigenvalue weighted by Gasteiger charge is 2.47. The first-order chi connectivity index (χ1) is 12.9. The van der Waals surface area contributed by atoms with Gasteiger partial charge in [-0.15, -0.1) is 0 Å². The summed E-state index contributed by atoms with van der Waals surface area (Å²) in [7, 11) is -1.41. The molecule has 162 valence electrons. The third kappa shape index (κ3) is 8.86. The van der Waals surface area contributed by atoms with E-state index in [9.17, 15) is 4.79 Å². The zero-order chi connectivity index (χ0) is 20.8. The zero-order valence-electron chi connectivity index (χ0n) is 17.6. The van der Waals surface area contributed by atoms with Gasteiger partial charge in [-0.2, -0.15) is 0 Å². The second-order valence-corrected chi connectivity index (χ2v) is 8.25. The van der Waals surface area contributed by atoms with E-state index >= 15 is 0 Å². The van der Waals surface area contributed by atoms with Crippen molar-refractivity contribution in [3.63, 3.8) is 0 Å². The van der Waals surface area contributed by atoms with Crippen LogP contribution in [-0.4, -0.2) is 67.1 Å². The van der Waals surface area contributed by atoms with E-state index in [4.69, 9.17) is 38.0 Å². The number of ether oxygens (including phenoxy) is 4. The van der Waals surface area contributed by atoms with Gasteiger partial charge in [-0.25, -0.2) is 4.79 Å². The van der Waals surface area contributed by atoms with Gasteiger partial charge >= 0.3 is 14.9 Å². The average molecular weight is 412 g/mol. The van der Waals surface area contributed by atoms with E-state index in [1.807, 2.05) is 34.6 Å². The SMILES string of the molecule is CCOC(OCC)C(CCC[Si](OCC)(OCC)OCC)(OC)OC(N)=O. The van der Waals surface area contributed by atoms with Crippen LogP contribution in [0.4, 0.5) is 4.79 Å². The maximum absolute atomic E-state index is 11.5. The summed E-state index contributed by atoms with van der Waals surface area (Å²) in [4.78, 5) is 11.5. The highest BCUT2D eigenvalue weighted by atomic mass is 28.4. The molecule has 1 unspecified atom stereocenters. The summed E-state index contributed by atoms with van der Waals surface area (Å²) in [6, 6.07) is 0.528. The van der Waals surface area contributed by atoms with Gasteiger partial charge < -0.3 is 38.0 Å². The van der Waals surface area contributed by atoms with Crippen molar-refractivity contribution in [2.45, 2.75) is 65.6 Å². The molecule has 27 heavy (non-hydrogen) atoms. The number of hydrogen-bond donors (Lipinski definition) is 1. The molecule has 10 heteroatoms. The third-order valence-electron chi connectivity index (χ3n) is 3.72. The lowest BCUT2D eigenvalue weighted by molar-refractivity contribution is -0.325. The molecule has 0 aromatic carbocycles. The number of methoxy groups -OCH3 is 1. The molecule has 0 saturated carbocycles. The van der Waals surface area contributed by atoms with Gasteiger partial charge in [-0.3, -0.25) is 0 Å². The van der Waals surface area contributed by atoms with Crippen LogP contribution in [0, 0.1) is 0 Å². The van der Waals surface area contributed by atoms with E-state index in [0.29, 0.717) is 45.5 Å². The number of carbonyl (C=O) groups is 1. The molecule has 0 aliphatic heterocycles. The molecule has 9 nitrogen and oxygen atoms in total. The van der Waals surface area contributed by atoms with Gasteiger partial charge in [-0.1, -0.05) is 0 Å². The van der Waals surface area contributed by atoms with Crippen LogP contribution in [0.1, 0.15) is 47.5 Å². The maximum Gasteiger partial charge on any atom is 0.500 e. The molecule has 1 atom stereocenters. The van der Waals surface area contributed by atoms with Crippen molar-refractivity contribution in [1.29, 1.82) is 0 Å². The first kappa shape index (κ1) is 26.2. The lowest BCUT2D eigenvalue weighted by Crippen LogP contribution is -2.52. The van der Waals surface area contributed by atoms with Gasteiger partial charge in [0.1, 0.15) is 0 Å². The van der Waals surface area contributed by atoms with Gasteiger partial charge in [0.05, 0.1) is 0 Å². The van der Waals surface area contributed by atoms with Gasteiger partial charge in [-0.05, 0) is 41.0 Å². The summed E-state index contributed by atoms with van der Waals surface area (Å²) < 4.78 is 39.6. The Morgan fingerprint density at radius 3 is 1.74 bits per heavy atom. The van der Waals surface area contributed by atoms with Crippen molar-refractivity contribution >= 4 is 14.9 Å². The summed E-state index contributed by atoms with van der Waals surface area (Å²) >= 11 is 0. The Morgan fingerprint density at radius 2 is 1.41 bits per heavy atom. The smallest absolute Gasteiger partial charge is 0.411 e. The second-order valence-electron chi connectivity index (χ2n) is 5.52. The molecule has 0 aliphatic carbocycles. The van der Waals surface area contributed by atoms with Gasteiger partial charge in [0.25, 0.3) is 5.79 Å². The van der Waals surface area contributed by atoms with Crippen molar-refractivity contribution in [2.75, 3.05) is 40.1 Å². The second kappa shape index (κ2) is 14.3. The number of primary amides is 1. The number of rotatable bonds is 17. The first-order valence-electron chi connectivity index (χ1n) is 9.57. The fourth-order valence-electron chi connectivity index (χ4n) is 2.78. The molecule has 0 bridgehead atoms. The van der Waals surface area contributed by atoms with Crippen molar-refractivity contribution in [2.24, 2.45) is 5.73 Å². The van der Waals surface area contributed by atoms with Gasteiger partial charge in [0, 0.05) is 52.6 Å². The topological polar surface area (TPSA) is 108 Å². The summed E-state index contributed by atoms with van der Waals surface area (Å²) in [6.07, 6.45) is -1.07. The number of nitrogens with two attached hydrogens (primary N) is 1. The molecule has 0 aliphatic rings. The predicted octanol–water partition coefficient (Wildman–Crippen LogP) is 2.65. The molecule has 0 aromatic heterocycles. The summed E-state index contributed by atoms with van der Waals surface area (Å²) in [5.74, 6) is -1.47. The van der Waals surface area contributed by atoms with Crippen molar-refractivity contribution in [3.05, 3.63) is 0 Å². The van der Waals surface area contributed by atoms with Crippen molar-refractivity contribution in [1.82, 2.24) is 0 Å². The van der Waals surface area contributed by atoms with E-state index in [1.165, 1.54) is 7.11 Å². The molecule has 1 amide bonds. The van der Waals surface area contributed by atoms with E-state index in [1.54, 1.807) is 0 Å². The molecule has 0 radical (unpaired) electrons. The summed E-state index contributed by atoms with van der Waals surface area (Å²) in [5.41, 5.74) is 5.27. The Labute approximate surface area is 164 Å². The first-order valence-corrected chi connectivity index (χ1v) is 11.5. The highest BCUT2D eigenvalue weighted by Crippen LogP contribution is 2.30. The number of carbonyl (C=O) groups excluding carboxylic acids is 1. The van der Waals surface area contributed by atoms with Crippen LogP contribution in [0.25, 0.3) is 0 Å². The highest BCUT2D eigenvalue weighted by molar-refractivity contribution is 6.60. The minimum absolute atomic E-state index is 0.277. The van der Waals surface area contributed by atoms with Gasteiger partial charge in [0.15, 0.2) is 0 Å². The minimum atomic E-state index is -2.83. The van der Waals surface area contributed by atoms with Gasteiger partial charge in [0.2, 0.25) is 6.29 Å². The summed E-state index contributed by atoms with van der Waals surface area (Å²) in [6.45, 7) is 11.5. The van der Waals surface area contributed by atoms with E-state index in [0.717, 1.165) is 0 Å². The van der Waals surface area contributed by atoms with E-state index < -0.39 is 27.0 Å². The monoisotopic (exact) mass is 411 g/mol. The Kier molecular flexibility index (Phi) is 13.9. The number of hydrogen-bond acceptors (Lipinski definition) is 8. The Morgan fingerprint density at radius 1 is 0.926 bits per heavy atom.